The molecule has 0 aromatic heterocycles. The summed E-state index contributed by atoms with van der Waals surface area (Å²) >= 11 is 0. The van der Waals surface area contributed by atoms with Gasteiger partial charge in [0.2, 0.25) is 10.0 Å². The summed E-state index contributed by atoms with van der Waals surface area (Å²) in [5.41, 5.74) is 2.73. The molecule has 3 aromatic rings. The lowest BCUT2D eigenvalue weighted by Gasteiger charge is -2.20. The number of benzene rings is 3. The molecule has 0 heterocycles. The molecule has 0 aliphatic heterocycles. The van der Waals surface area contributed by atoms with Crippen LogP contribution in [0.1, 0.15) is 24.1 Å². The average molecular weight is 411 g/mol. The van der Waals surface area contributed by atoms with Crippen molar-refractivity contribution in [3.63, 3.8) is 0 Å². The maximum absolute atomic E-state index is 12.7. The standard InChI is InChI=1S/C22H23N3O3S/c1-16(22(26)25-19-12-14-20(15-13-19)29(23,27)28)24-21(17-8-4-2-5-9-17)18-10-6-3-7-11-18/h2-16,21,24H,1H3,(H,25,26)(H2,23,27,28)/p+1/t16-/m1/s1. The first-order valence-electron chi connectivity index (χ1n) is 9.23. The fourth-order valence-electron chi connectivity index (χ4n) is 3.10. The van der Waals surface area contributed by atoms with Crippen molar-refractivity contribution in [3.8, 4) is 0 Å². The van der Waals surface area contributed by atoms with Crippen LogP contribution < -0.4 is 15.8 Å². The Morgan fingerprint density at radius 2 is 1.34 bits per heavy atom. The summed E-state index contributed by atoms with van der Waals surface area (Å²) in [5.74, 6) is -0.176. The molecule has 1 amide bonds. The van der Waals surface area contributed by atoms with E-state index in [4.69, 9.17) is 5.14 Å². The third-order valence-corrected chi connectivity index (χ3v) is 5.59. The van der Waals surface area contributed by atoms with Crippen molar-refractivity contribution in [1.82, 2.24) is 0 Å². The molecule has 0 aliphatic rings. The molecule has 0 bridgehead atoms. The minimum Gasteiger partial charge on any atom is -0.326 e. The van der Waals surface area contributed by atoms with Gasteiger partial charge in [0, 0.05) is 16.8 Å². The Labute approximate surface area is 170 Å². The number of nitrogens with one attached hydrogen (secondary N) is 1. The Morgan fingerprint density at radius 3 is 1.79 bits per heavy atom. The molecule has 1 atom stereocenters. The van der Waals surface area contributed by atoms with Gasteiger partial charge in [0.1, 0.15) is 6.04 Å². The Balaban J connectivity index is 1.74. The van der Waals surface area contributed by atoms with E-state index in [2.05, 4.69) is 5.32 Å². The van der Waals surface area contributed by atoms with E-state index < -0.39 is 10.0 Å². The molecule has 0 aliphatic carbocycles. The molecule has 29 heavy (non-hydrogen) atoms. The minimum absolute atomic E-state index is 0.00308. The van der Waals surface area contributed by atoms with Crippen LogP contribution in [0, 0.1) is 0 Å². The molecule has 0 fully saturated rings. The molecule has 0 saturated heterocycles. The van der Waals surface area contributed by atoms with Gasteiger partial charge in [-0.1, -0.05) is 60.7 Å². The van der Waals surface area contributed by atoms with E-state index in [1.54, 1.807) is 0 Å². The average Bonchev–Trinajstić information content (AvgIpc) is 2.73. The Hall–Kier alpha value is -3.00. The third kappa shape index (κ3) is 5.51. The summed E-state index contributed by atoms with van der Waals surface area (Å²) in [6.07, 6.45) is 0. The number of nitrogens with two attached hydrogens (primary N) is 2. The lowest BCUT2D eigenvalue weighted by molar-refractivity contribution is -0.704. The second kappa shape index (κ2) is 9.00. The van der Waals surface area contributed by atoms with Gasteiger partial charge in [0.05, 0.1) is 4.90 Å². The number of quaternary nitrogens is 1. The van der Waals surface area contributed by atoms with Gasteiger partial charge in [-0.05, 0) is 31.2 Å². The quantitative estimate of drug-likeness (QED) is 0.555. The van der Waals surface area contributed by atoms with Crippen molar-refractivity contribution in [1.29, 1.82) is 0 Å². The van der Waals surface area contributed by atoms with Crippen LogP contribution in [0.15, 0.2) is 89.8 Å². The first kappa shape index (κ1) is 20.7. The van der Waals surface area contributed by atoms with Gasteiger partial charge in [-0.15, -0.1) is 0 Å². The highest BCUT2D eigenvalue weighted by Crippen LogP contribution is 2.18. The maximum Gasteiger partial charge on any atom is 0.282 e. The summed E-state index contributed by atoms with van der Waals surface area (Å²) in [5, 5.41) is 9.94. The molecule has 5 N–H and O–H groups in total. The van der Waals surface area contributed by atoms with Crippen LogP contribution in [-0.2, 0) is 14.8 Å². The Bertz CT molecular complexity index is 1010. The summed E-state index contributed by atoms with van der Waals surface area (Å²) in [7, 11) is -3.76. The van der Waals surface area contributed by atoms with Crippen LogP contribution in [-0.4, -0.2) is 20.4 Å². The van der Waals surface area contributed by atoms with E-state index in [1.165, 1.54) is 24.3 Å². The van der Waals surface area contributed by atoms with E-state index in [0.29, 0.717) is 5.69 Å². The molecule has 3 aromatic carbocycles. The molecule has 0 radical (unpaired) electrons. The zero-order valence-corrected chi connectivity index (χ0v) is 16.8. The lowest BCUT2D eigenvalue weighted by atomic mass is 9.98. The summed E-state index contributed by atoms with van der Waals surface area (Å²) in [6, 6.07) is 25.4. The number of hydrogen-bond acceptors (Lipinski definition) is 3. The van der Waals surface area contributed by atoms with Crippen molar-refractivity contribution < 1.29 is 18.5 Å². The summed E-state index contributed by atoms with van der Waals surface area (Å²) < 4.78 is 22.7. The fraction of sp³-hybridized carbons (Fsp3) is 0.136. The van der Waals surface area contributed by atoms with Crippen LogP contribution in [0.25, 0.3) is 0 Å². The maximum atomic E-state index is 12.7. The van der Waals surface area contributed by atoms with Gasteiger partial charge in [0.15, 0.2) is 6.04 Å². The summed E-state index contributed by atoms with van der Waals surface area (Å²) in [4.78, 5) is 12.7. The van der Waals surface area contributed by atoms with Crippen LogP contribution >= 0.6 is 0 Å². The first-order valence-corrected chi connectivity index (χ1v) is 10.8. The molecule has 6 nitrogen and oxygen atoms in total. The molecule has 7 heteroatoms. The number of rotatable bonds is 7. The van der Waals surface area contributed by atoms with Gasteiger partial charge in [0.25, 0.3) is 5.91 Å². The van der Waals surface area contributed by atoms with E-state index in [9.17, 15) is 13.2 Å². The smallest absolute Gasteiger partial charge is 0.282 e. The number of anilines is 1. The number of sulfonamides is 1. The van der Waals surface area contributed by atoms with Gasteiger partial charge in [-0.3, -0.25) is 4.79 Å². The Kier molecular flexibility index (Phi) is 6.43. The molecule has 0 unspecified atom stereocenters. The minimum atomic E-state index is -3.76. The van der Waals surface area contributed by atoms with Gasteiger partial charge in [-0.2, -0.15) is 0 Å². The van der Waals surface area contributed by atoms with Crippen molar-refractivity contribution in [2.45, 2.75) is 23.9 Å². The molecule has 150 valence electrons. The monoisotopic (exact) mass is 410 g/mol. The fourth-order valence-corrected chi connectivity index (χ4v) is 3.61. The first-order chi connectivity index (χ1) is 13.8. The highest BCUT2D eigenvalue weighted by molar-refractivity contribution is 7.89. The SMILES string of the molecule is C[C@@H]([NH2+]C(c1ccccc1)c1ccccc1)C(=O)Nc1ccc(S(N)(=O)=O)cc1. The van der Waals surface area contributed by atoms with Crippen LogP contribution in [0.4, 0.5) is 5.69 Å². The second-order valence-electron chi connectivity index (χ2n) is 6.84. The van der Waals surface area contributed by atoms with Crippen molar-refractivity contribution in [2.75, 3.05) is 5.32 Å². The zero-order valence-electron chi connectivity index (χ0n) is 16.0. The lowest BCUT2D eigenvalue weighted by Crippen LogP contribution is -2.92. The second-order valence-corrected chi connectivity index (χ2v) is 8.40. The van der Waals surface area contributed by atoms with Crippen molar-refractivity contribution >= 4 is 21.6 Å². The highest BCUT2D eigenvalue weighted by atomic mass is 32.2. The number of primary sulfonamides is 1. The number of carbonyl (C=O) groups excluding carboxylic acids is 1. The molecule has 0 spiro atoms. The highest BCUT2D eigenvalue weighted by Gasteiger charge is 2.24. The van der Waals surface area contributed by atoms with Gasteiger partial charge >= 0.3 is 0 Å². The summed E-state index contributed by atoms with van der Waals surface area (Å²) in [6.45, 7) is 1.84. The molecule has 3 rings (SSSR count). The zero-order chi connectivity index (χ0) is 20.9. The number of hydrogen-bond donors (Lipinski definition) is 3. The van der Waals surface area contributed by atoms with Gasteiger partial charge in [-0.25, -0.2) is 13.6 Å². The van der Waals surface area contributed by atoms with Crippen molar-refractivity contribution in [3.05, 3.63) is 96.1 Å². The van der Waals surface area contributed by atoms with E-state index in [0.717, 1.165) is 11.1 Å². The molecule has 0 saturated carbocycles. The van der Waals surface area contributed by atoms with E-state index in [-0.39, 0.29) is 22.9 Å². The number of carbonyl (C=O) groups is 1. The van der Waals surface area contributed by atoms with E-state index in [1.807, 2.05) is 72.9 Å². The molecular weight excluding hydrogens is 386 g/mol. The normalized spacial score (nSPS) is 12.5. The molecular formula is C22H24N3O3S+. The largest absolute Gasteiger partial charge is 0.326 e. The van der Waals surface area contributed by atoms with Gasteiger partial charge < -0.3 is 10.6 Å². The number of amides is 1. The topological polar surface area (TPSA) is 106 Å². The van der Waals surface area contributed by atoms with Crippen molar-refractivity contribution in [2.24, 2.45) is 5.14 Å². The predicted molar refractivity (Wildman–Crippen MR) is 113 cm³/mol. The third-order valence-electron chi connectivity index (χ3n) is 4.66. The van der Waals surface area contributed by atoms with Crippen LogP contribution in [0.2, 0.25) is 0 Å². The van der Waals surface area contributed by atoms with Crippen LogP contribution in [0.5, 0.6) is 0 Å². The predicted octanol–water partition coefficient (Wildman–Crippen LogP) is 2.01. The Morgan fingerprint density at radius 1 is 0.862 bits per heavy atom. The van der Waals surface area contributed by atoms with Crippen LogP contribution in [0.3, 0.4) is 0 Å². The van der Waals surface area contributed by atoms with E-state index >= 15 is 0 Å².